The van der Waals surface area contributed by atoms with Crippen LogP contribution >= 0.6 is 0 Å². The molecule has 3 heteroatoms. The van der Waals surface area contributed by atoms with Gasteiger partial charge in [0.25, 0.3) is 0 Å². The molecule has 1 heterocycles. The third-order valence-electron chi connectivity index (χ3n) is 5.63. The van der Waals surface area contributed by atoms with E-state index in [1.165, 1.54) is 12.8 Å². The number of carbonyl (C=O) groups excluding carboxylic acids is 2. The molecule has 1 aliphatic heterocycles. The fraction of sp³-hybridized carbons (Fsp3) is 0.733. The molecule has 0 aromatic heterocycles. The zero-order valence-corrected chi connectivity index (χ0v) is 11.3. The van der Waals surface area contributed by atoms with E-state index in [4.69, 9.17) is 4.74 Å². The first-order valence-electron chi connectivity index (χ1n) is 6.91. The molecule has 0 spiro atoms. The van der Waals surface area contributed by atoms with Gasteiger partial charge in [-0.25, -0.2) is 4.79 Å². The van der Waals surface area contributed by atoms with Gasteiger partial charge in [-0.3, -0.25) is 4.79 Å². The Morgan fingerprint density at radius 2 is 2.00 bits per heavy atom. The quantitative estimate of drug-likeness (QED) is 0.619. The second-order valence-electron chi connectivity index (χ2n) is 6.35. The van der Waals surface area contributed by atoms with Crippen molar-refractivity contribution in [3.05, 3.63) is 11.1 Å². The average molecular weight is 248 g/mol. The second kappa shape index (κ2) is 3.69. The highest BCUT2D eigenvalue weighted by Crippen LogP contribution is 2.56. The van der Waals surface area contributed by atoms with Crippen molar-refractivity contribution < 1.29 is 14.3 Å². The minimum absolute atomic E-state index is 0.0467. The predicted octanol–water partition coefficient (Wildman–Crippen LogP) is 2.64. The smallest absolute Gasteiger partial charge is 0.334 e. The van der Waals surface area contributed by atoms with Crippen LogP contribution in [0.5, 0.6) is 0 Å². The summed E-state index contributed by atoms with van der Waals surface area (Å²) < 4.78 is 5.56. The number of Topliss-reactive ketones (excluding diaryl/α,β-unsaturated/α-hetero) is 1. The zero-order valence-electron chi connectivity index (χ0n) is 11.3. The number of ether oxygens (including phenoxy) is 1. The summed E-state index contributed by atoms with van der Waals surface area (Å²) >= 11 is 0. The first kappa shape index (κ1) is 11.9. The largest absolute Gasteiger partial charge is 0.453 e. The molecular formula is C15H20O3. The van der Waals surface area contributed by atoms with E-state index in [2.05, 4.69) is 13.8 Å². The van der Waals surface area contributed by atoms with E-state index in [1.54, 1.807) is 6.92 Å². The molecule has 0 radical (unpaired) electrons. The van der Waals surface area contributed by atoms with Gasteiger partial charge in [0.1, 0.15) is 6.10 Å². The first-order valence-corrected chi connectivity index (χ1v) is 6.91. The molecule has 0 aromatic carbocycles. The van der Waals surface area contributed by atoms with Crippen molar-refractivity contribution in [1.29, 1.82) is 0 Å². The minimum Gasteiger partial charge on any atom is -0.453 e. The maximum absolute atomic E-state index is 12.2. The number of esters is 1. The molecule has 4 atom stereocenters. The van der Waals surface area contributed by atoms with Gasteiger partial charge >= 0.3 is 5.97 Å². The molecule has 0 amide bonds. The van der Waals surface area contributed by atoms with Crippen LogP contribution in [0.3, 0.4) is 0 Å². The van der Waals surface area contributed by atoms with Gasteiger partial charge in [-0.05, 0) is 25.2 Å². The Bertz CT molecular complexity index is 462. The topological polar surface area (TPSA) is 43.4 Å². The summed E-state index contributed by atoms with van der Waals surface area (Å²) in [7, 11) is 0. The highest BCUT2D eigenvalue weighted by Gasteiger charge is 2.58. The maximum atomic E-state index is 12.2. The molecule has 98 valence electrons. The predicted molar refractivity (Wildman–Crippen MR) is 66.8 cm³/mol. The van der Waals surface area contributed by atoms with E-state index in [9.17, 15) is 9.59 Å². The molecule has 0 aromatic rings. The number of fused-ring (bicyclic) bond motifs is 3. The fourth-order valence-electron chi connectivity index (χ4n) is 4.18. The van der Waals surface area contributed by atoms with Crippen molar-refractivity contribution in [3.8, 4) is 0 Å². The molecule has 18 heavy (non-hydrogen) atoms. The number of hydrogen-bond donors (Lipinski definition) is 0. The van der Waals surface area contributed by atoms with E-state index in [0.717, 1.165) is 6.42 Å². The fourth-order valence-corrected chi connectivity index (χ4v) is 4.18. The molecule has 3 aliphatic rings. The molecule has 2 fully saturated rings. The summed E-state index contributed by atoms with van der Waals surface area (Å²) in [6, 6.07) is 0. The number of hydrogen-bond acceptors (Lipinski definition) is 3. The van der Waals surface area contributed by atoms with Crippen LogP contribution in [-0.2, 0) is 14.3 Å². The molecule has 2 aliphatic carbocycles. The number of carbonyl (C=O) groups is 2. The van der Waals surface area contributed by atoms with Gasteiger partial charge in [-0.1, -0.05) is 26.7 Å². The lowest BCUT2D eigenvalue weighted by molar-refractivity contribution is -0.155. The first-order chi connectivity index (χ1) is 8.46. The van der Waals surface area contributed by atoms with Crippen molar-refractivity contribution in [1.82, 2.24) is 0 Å². The summed E-state index contributed by atoms with van der Waals surface area (Å²) in [5, 5.41) is 0. The minimum atomic E-state index is -0.289. The molecule has 2 saturated carbocycles. The third kappa shape index (κ3) is 1.30. The molecule has 3 rings (SSSR count). The molecule has 3 nitrogen and oxygen atoms in total. The Labute approximate surface area is 108 Å². The Morgan fingerprint density at radius 1 is 1.28 bits per heavy atom. The lowest BCUT2D eigenvalue weighted by atomic mass is 9.53. The Hall–Kier alpha value is -1.12. The summed E-state index contributed by atoms with van der Waals surface area (Å²) in [6.45, 7) is 6.18. The number of ketones is 1. The van der Waals surface area contributed by atoms with Crippen LogP contribution in [0.1, 0.15) is 46.5 Å². The zero-order chi connectivity index (χ0) is 13.1. The van der Waals surface area contributed by atoms with Crippen LogP contribution in [-0.4, -0.2) is 17.9 Å². The summed E-state index contributed by atoms with van der Waals surface area (Å²) in [6.07, 6.45) is 3.76. The van der Waals surface area contributed by atoms with Crippen molar-refractivity contribution in [3.63, 3.8) is 0 Å². The summed E-state index contributed by atoms with van der Waals surface area (Å²) in [4.78, 5) is 24.0. The van der Waals surface area contributed by atoms with Gasteiger partial charge < -0.3 is 4.74 Å². The van der Waals surface area contributed by atoms with E-state index in [0.29, 0.717) is 29.4 Å². The highest BCUT2D eigenvalue weighted by molar-refractivity contribution is 6.08. The molecular weight excluding hydrogens is 228 g/mol. The number of rotatable bonds is 0. The molecule has 4 unspecified atom stereocenters. The lowest BCUT2D eigenvalue weighted by Crippen LogP contribution is -2.52. The van der Waals surface area contributed by atoms with Crippen LogP contribution < -0.4 is 0 Å². The van der Waals surface area contributed by atoms with Crippen molar-refractivity contribution in [2.24, 2.45) is 17.3 Å². The van der Waals surface area contributed by atoms with Gasteiger partial charge in [-0.15, -0.1) is 0 Å². The van der Waals surface area contributed by atoms with Gasteiger partial charge in [0.2, 0.25) is 0 Å². The molecule has 0 saturated heterocycles. The Balaban J connectivity index is 2.10. The van der Waals surface area contributed by atoms with Crippen LogP contribution in [0.15, 0.2) is 11.1 Å². The maximum Gasteiger partial charge on any atom is 0.334 e. The van der Waals surface area contributed by atoms with Crippen molar-refractivity contribution in [2.75, 3.05) is 0 Å². The van der Waals surface area contributed by atoms with E-state index in [1.807, 2.05) is 0 Å². The normalized spacial score (nSPS) is 43.6. The standard InChI is InChI=1S/C15H20O3/c1-8-5-4-6-10-7-11(16)12-9(2)14(17)18-13(12)15(8,10)3/h8,10,13H,4-7H2,1-3H3. The van der Waals surface area contributed by atoms with Gasteiger partial charge in [0, 0.05) is 23.0 Å². The third-order valence-corrected chi connectivity index (χ3v) is 5.63. The lowest BCUT2D eigenvalue weighted by Gasteiger charge is -2.52. The van der Waals surface area contributed by atoms with Crippen LogP contribution in [0.4, 0.5) is 0 Å². The van der Waals surface area contributed by atoms with E-state index in [-0.39, 0.29) is 23.3 Å². The average Bonchev–Trinajstić information content (AvgIpc) is 2.62. The van der Waals surface area contributed by atoms with E-state index < -0.39 is 0 Å². The van der Waals surface area contributed by atoms with Crippen molar-refractivity contribution in [2.45, 2.75) is 52.6 Å². The van der Waals surface area contributed by atoms with Crippen molar-refractivity contribution >= 4 is 11.8 Å². The Morgan fingerprint density at radius 3 is 2.72 bits per heavy atom. The summed E-state index contributed by atoms with van der Waals surface area (Å²) in [5.41, 5.74) is 1.17. The molecule has 0 N–H and O–H groups in total. The second-order valence-corrected chi connectivity index (χ2v) is 6.35. The monoisotopic (exact) mass is 248 g/mol. The Kier molecular flexibility index (Phi) is 2.45. The highest BCUT2D eigenvalue weighted by atomic mass is 16.5. The SMILES string of the molecule is CC1=C2C(=O)CC3CCCC(C)C3(C)C2OC1=O. The van der Waals surface area contributed by atoms with Crippen LogP contribution in [0.25, 0.3) is 0 Å². The molecule has 0 bridgehead atoms. The summed E-state index contributed by atoms with van der Waals surface area (Å²) in [5.74, 6) is 0.729. The van der Waals surface area contributed by atoms with Crippen LogP contribution in [0.2, 0.25) is 0 Å². The van der Waals surface area contributed by atoms with E-state index >= 15 is 0 Å². The van der Waals surface area contributed by atoms with Crippen LogP contribution in [0, 0.1) is 17.3 Å². The van der Waals surface area contributed by atoms with Gasteiger partial charge in [0.15, 0.2) is 5.78 Å². The van der Waals surface area contributed by atoms with Gasteiger partial charge in [0.05, 0.1) is 0 Å². The van der Waals surface area contributed by atoms with Gasteiger partial charge in [-0.2, -0.15) is 0 Å².